The molecule has 2 aliphatic carbocycles. The molecular weight excluding hydrogens is 198 g/mol. The number of rotatable bonds is 5. The maximum absolute atomic E-state index is 11.9. The van der Waals surface area contributed by atoms with E-state index < -0.39 is 0 Å². The molecule has 16 heavy (non-hydrogen) atoms. The lowest BCUT2D eigenvalue weighted by molar-refractivity contribution is -0.128. The summed E-state index contributed by atoms with van der Waals surface area (Å²) in [5.74, 6) is 1.47. The summed E-state index contributed by atoms with van der Waals surface area (Å²) in [4.78, 5) is 11.9. The van der Waals surface area contributed by atoms with Gasteiger partial charge in [0.1, 0.15) is 0 Å². The smallest absolute Gasteiger partial charge is 0.223 e. The van der Waals surface area contributed by atoms with Crippen molar-refractivity contribution >= 4 is 5.91 Å². The zero-order chi connectivity index (χ0) is 11.4. The van der Waals surface area contributed by atoms with E-state index in [4.69, 9.17) is 0 Å². The van der Waals surface area contributed by atoms with Crippen LogP contribution in [0.4, 0.5) is 0 Å². The van der Waals surface area contributed by atoms with Gasteiger partial charge in [-0.2, -0.15) is 0 Å². The van der Waals surface area contributed by atoms with Gasteiger partial charge in [0.2, 0.25) is 5.91 Å². The van der Waals surface area contributed by atoms with Crippen LogP contribution in [-0.4, -0.2) is 11.9 Å². The van der Waals surface area contributed by atoms with E-state index in [0.717, 1.165) is 18.8 Å². The number of nitrogens with one attached hydrogen (secondary N) is 1. The van der Waals surface area contributed by atoms with Crippen molar-refractivity contribution < 1.29 is 4.79 Å². The normalized spacial score (nSPS) is 30.1. The second-order valence-corrected chi connectivity index (χ2v) is 5.58. The Morgan fingerprint density at radius 1 is 1.19 bits per heavy atom. The minimum absolute atomic E-state index is 0.347. The molecule has 2 atom stereocenters. The molecule has 2 rings (SSSR count). The fraction of sp³-hybridized carbons (Fsp3) is 0.929. The third-order valence-corrected chi connectivity index (χ3v) is 4.39. The molecule has 0 spiro atoms. The van der Waals surface area contributed by atoms with Gasteiger partial charge in [-0.3, -0.25) is 4.79 Å². The van der Waals surface area contributed by atoms with Crippen molar-refractivity contribution in [2.24, 2.45) is 11.8 Å². The number of hydrogen-bond acceptors (Lipinski definition) is 1. The number of carbonyl (C=O) groups is 1. The van der Waals surface area contributed by atoms with Gasteiger partial charge < -0.3 is 5.32 Å². The van der Waals surface area contributed by atoms with Gasteiger partial charge in [-0.25, -0.2) is 0 Å². The lowest BCUT2D eigenvalue weighted by atomic mass is 9.84. The Labute approximate surface area is 99.2 Å². The summed E-state index contributed by atoms with van der Waals surface area (Å²) in [5.41, 5.74) is 0. The Bertz CT molecular complexity index is 235. The lowest BCUT2D eigenvalue weighted by Gasteiger charge is -2.28. The van der Waals surface area contributed by atoms with Crippen LogP contribution in [0.25, 0.3) is 0 Å². The van der Waals surface area contributed by atoms with E-state index >= 15 is 0 Å². The molecule has 2 saturated carbocycles. The highest BCUT2D eigenvalue weighted by atomic mass is 16.2. The largest absolute Gasteiger partial charge is 0.353 e. The number of unbranched alkanes of at least 4 members (excludes halogenated alkanes) is 1. The predicted molar refractivity (Wildman–Crippen MR) is 66.1 cm³/mol. The third kappa shape index (κ3) is 2.78. The van der Waals surface area contributed by atoms with Crippen LogP contribution in [0.3, 0.4) is 0 Å². The molecule has 0 aromatic heterocycles. The average Bonchev–Trinajstić information content (AvgIpc) is 2.59. The fourth-order valence-electron chi connectivity index (χ4n) is 3.01. The van der Waals surface area contributed by atoms with E-state index in [2.05, 4.69) is 12.2 Å². The van der Waals surface area contributed by atoms with Crippen molar-refractivity contribution in [2.45, 2.75) is 70.8 Å². The monoisotopic (exact) mass is 223 g/mol. The number of amides is 1. The molecule has 2 aliphatic rings. The number of hydrogen-bond donors (Lipinski definition) is 1. The summed E-state index contributed by atoms with van der Waals surface area (Å²) in [5, 5.41) is 3.30. The van der Waals surface area contributed by atoms with Crippen LogP contribution in [0, 0.1) is 11.8 Å². The Balaban J connectivity index is 1.76. The van der Waals surface area contributed by atoms with Crippen LogP contribution < -0.4 is 5.32 Å². The first-order valence-corrected chi connectivity index (χ1v) is 7.11. The van der Waals surface area contributed by atoms with E-state index in [1.165, 1.54) is 44.9 Å². The van der Waals surface area contributed by atoms with E-state index in [0.29, 0.717) is 17.9 Å². The third-order valence-electron chi connectivity index (χ3n) is 4.39. The summed E-state index contributed by atoms with van der Waals surface area (Å²) in [6, 6.07) is 0.500. The van der Waals surface area contributed by atoms with Crippen LogP contribution in [0.5, 0.6) is 0 Å². The van der Waals surface area contributed by atoms with Crippen molar-refractivity contribution in [1.82, 2.24) is 5.32 Å². The maximum atomic E-state index is 11.9. The van der Waals surface area contributed by atoms with Crippen LogP contribution >= 0.6 is 0 Å². The van der Waals surface area contributed by atoms with Gasteiger partial charge in [-0.1, -0.05) is 32.6 Å². The van der Waals surface area contributed by atoms with Gasteiger partial charge in [-0.15, -0.1) is 0 Å². The number of carbonyl (C=O) groups excluding carboxylic acids is 1. The Morgan fingerprint density at radius 2 is 1.94 bits per heavy atom. The molecule has 2 fully saturated rings. The minimum atomic E-state index is 0.347. The Kier molecular flexibility index (Phi) is 4.25. The molecule has 0 aromatic rings. The van der Waals surface area contributed by atoms with Crippen molar-refractivity contribution in [3.63, 3.8) is 0 Å². The van der Waals surface area contributed by atoms with Crippen LogP contribution in [0.15, 0.2) is 0 Å². The topological polar surface area (TPSA) is 29.1 Å². The molecule has 92 valence electrons. The van der Waals surface area contributed by atoms with E-state index in [1.807, 2.05) is 0 Å². The first-order valence-electron chi connectivity index (χ1n) is 7.11. The quantitative estimate of drug-likeness (QED) is 0.761. The Hall–Kier alpha value is -0.530. The molecule has 0 radical (unpaired) electrons. The zero-order valence-electron chi connectivity index (χ0n) is 10.5. The molecule has 0 bridgehead atoms. The summed E-state index contributed by atoms with van der Waals surface area (Å²) in [6.07, 6.45) is 11.3. The standard InChI is InChI=1S/C14H25NO/c1-2-3-6-11-7-5-10-13(11)15-14(16)12-8-4-9-12/h11-13H,2-10H2,1H3,(H,15,16)/t11-,13+/m0/s1. The van der Waals surface area contributed by atoms with E-state index in [-0.39, 0.29) is 0 Å². The van der Waals surface area contributed by atoms with Crippen LogP contribution in [0.1, 0.15) is 64.7 Å². The van der Waals surface area contributed by atoms with Crippen LogP contribution in [-0.2, 0) is 4.79 Å². The summed E-state index contributed by atoms with van der Waals surface area (Å²) in [6.45, 7) is 2.25. The molecule has 0 unspecified atom stereocenters. The second-order valence-electron chi connectivity index (χ2n) is 5.58. The first kappa shape index (κ1) is 11.9. The van der Waals surface area contributed by atoms with Gasteiger partial charge in [0.25, 0.3) is 0 Å². The van der Waals surface area contributed by atoms with Gasteiger partial charge in [-0.05, 0) is 38.0 Å². The lowest BCUT2D eigenvalue weighted by Crippen LogP contribution is -2.42. The van der Waals surface area contributed by atoms with Crippen molar-refractivity contribution in [3.8, 4) is 0 Å². The molecule has 0 aliphatic heterocycles. The minimum Gasteiger partial charge on any atom is -0.353 e. The fourth-order valence-corrected chi connectivity index (χ4v) is 3.01. The molecule has 0 aromatic carbocycles. The summed E-state index contributed by atoms with van der Waals surface area (Å²) in [7, 11) is 0. The summed E-state index contributed by atoms with van der Waals surface area (Å²) < 4.78 is 0. The molecule has 1 N–H and O–H groups in total. The molecule has 0 saturated heterocycles. The molecule has 1 amide bonds. The molecular formula is C14H25NO. The van der Waals surface area contributed by atoms with Crippen molar-refractivity contribution in [3.05, 3.63) is 0 Å². The van der Waals surface area contributed by atoms with Gasteiger partial charge in [0, 0.05) is 12.0 Å². The highest BCUT2D eigenvalue weighted by molar-refractivity contribution is 5.79. The molecule has 0 heterocycles. The highest BCUT2D eigenvalue weighted by Gasteiger charge is 2.31. The molecule has 2 heteroatoms. The SMILES string of the molecule is CCCC[C@H]1CCC[C@H]1NC(=O)C1CCC1. The molecule has 2 nitrogen and oxygen atoms in total. The first-order chi connectivity index (χ1) is 7.81. The zero-order valence-corrected chi connectivity index (χ0v) is 10.5. The van der Waals surface area contributed by atoms with Crippen molar-refractivity contribution in [2.75, 3.05) is 0 Å². The second kappa shape index (κ2) is 5.70. The Morgan fingerprint density at radius 3 is 2.56 bits per heavy atom. The maximum Gasteiger partial charge on any atom is 0.223 e. The van der Waals surface area contributed by atoms with E-state index in [9.17, 15) is 4.79 Å². The van der Waals surface area contributed by atoms with Gasteiger partial charge in [0.15, 0.2) is 0 Å². The average molecular weight is 223 g/mol. The van der Waals surface area contributed by atoms with Crippen molar-refractivity contribution in [1.29, 1.82) is 0 Å². The highest BCUT2D eigenvalue weighted by Crippen LogP contribution is 2.32. The van der Waals surface area contributed by atoms with E-state index in [1.54, 1.807) is 0 Å². The van der Waals surface area contributed by atoms with Crippen LogP contribution in [0.2, 0.25) is 0 Å². The van der Waals surface area contributed by atoms with Gasteiger partial charge >= 0.3 is 0 Å². The predicted octanol–water partition coefficient (Wildman–Crippen LogP) is 3.26. The van der Waals surface area contributed by atoms with Gasteiger partial charge in [0.05, 0.1) is 0 Å². The summed E-state index contributed by atoms with van der Waals surface area (Å²) >= 11 is 0.